The Morgan fingerprint density at radius 2 is 1.91 bits per heavy atom. The van der Waals surface area contributed by atoms with Crippen molar-refractivity contribution in [2.45, 2.75) is 58.6 Å². The molecule has 0 saturated carbocycles. The van der Waals surface area contributed by atoms with Crippen LogP contribution in [-0.4, -0.2) is 40.0 Å². The highest BCUT2D eigenvalue weighted by atomic mass is 16.6. The molecule has 0 fully saturated rings. The Labute approximate surface area is 136 Å². The van der Waals surface area contributed by atoms with Crippen LogP contribution in [0.2, 0.25) is 0 Å². The lowest BCUT2D eigenvalue weighted by Gasteiger charge is -2.33. The monoisotopic (exact) mass is 325 g/mol. The summed E-state index contributed by atoms with van der Waals surface area (Å²) in [4.78, 5) is 23.9. The van der Waals surface area contributed by atoms with Gasteiger partial charge in [-0.3, -0.25) is 5.10 Å². The molecule has 4 N–H and O–H groups in total. The van der Waals surface area contributed by atoms with Crippen LogP contribution in [0.25, 0.3) is 0 Å². The summed E-state index contributed by atoms with van der Waals surface area (Å²) in [6.45, 7) is 9.60. The van der Waals surface area contributed by atoms with Crippen LogP contribution in [0.4, 0.5) is 15.3 Å². The van der Waals surface area contributed by atoms with Gasteiger partial charge in [-0.25, -0.2) is 9.59 Å². The Morgan fingerprint density at radius 3 is 2.39 bits per heavy atom. The Balaban J connectivity index is 2.60. The van der Waals surface area contributed by atoms with E-state index in [2.05, 4.69) is 26.1 Å². The van der Waals surface area contributed by atoms with Crippen LogP contribution in [0.15, 0.2) is 12.4 Å². The Bertz CT molecular complexity index is 504. The number of rotatable bonds is 6. The number of aromatic nitrogens is 2. The van der Waals surface area contributed by atoms with Gasteiger partial charge in [-0.15, -0.1) is 0 Å². The molecule has 1 heterocycles. The van der Waals surface area contributed by atoms with Gasteiger partial charge in [0.25, 0.3) is 0 Å². The summed E-state index contributed by atoms with van der Waals surface area (Å²) < 4.78 is 5.22. The molecule has 1 aromatic rings. The van der Waals surface area contributed by atoms with Crippen molar-refractivity contribution in [3.63, 3.8) is 0 Å². The topological polar surface area (TPSA) is 108 Å². The minimum atomic E-state index is -0.558. The van der Waals surface area contributed by atoms with Crippen molar-refractivity contribution in [1.29, 1.82) is 0 Å². The average Bonchev–Trinajstić information content (AvgIpc) is 2.94. The fourth-order valence-electron chi connectivity index (χ4n) is 2.00. The number of amides is 3. The van der Waals surface area contributed by atoms with Crippen LogP contribution in [0, 0.1) is 0 Å². The molecule has 0 bridgehead atoms. The second-order valence-corrected chi connectivity index (χ2v) is 6.41. The van der Waals surface area contributed by atoms with Gasteiger partial charge >= 0.3 is 12.1 Å². The summed E-state index contributed by atoms with van der Waals surface area (Å²) >= 11 is 0. The zero-order valence-electron chi connectivity index (χ0n) is 14.4. The van der Waals surface area contributed by atoms with Crippen molar-refractivity contribution in [2.75, 3.05) is 11.9 Å². The number of hydrogen-bond acceptors (Lipinski definition) is 4. The molecule has 0 aliphatic carbocycles. The summed E-state index contributed by atoms with van der Waals surface area (Å²) in [6, 6.07) is -0.346. The van der Waals surface area contributed by atoms with Gasteiger partial charge in [0.05, 0.1) is 17.4 Å². The molecule has 0 atom stereocenters. The van der Waals surface area contributed by atoms with Gasteiger partial charge in [0.1, 0.15) is 5.60 Å². The molecule has 0 spiro atoms. The highest BCUT2D eigenvalue weighted by molar-refractivity contribution is 5.89. The second-order valence-electron chi connectivity index (χ2n) is 6.41. The van der Waals surface area contributed by atoms with Gasteiger partial charge in [-0.05, 0) is 33.6 Å². The van der Waals surface area contributed by atoms with Crippen molar-refractivity contribution in [2.24, 2.45) is 0 Å². The lowest BCUT2D eigenvalue weighted by molar-refractivity contribution is 0.0509. The van der Waals surface area contributed by atoms with Crippen molar-refractivity contribution in [1.82, 2.24) is 20.8 Å². The van der Waals surface area contributed by atoms with E-state index in [1.54, 1.807) is 27.0 Å². The first-order valence-electron chi connectivity index (χ1n) is 7.74. The van der Waals surface area contributed by atoms with Crippen molar-refractivity contribution in [3.8, 4) is 0 Å². The number of hydrogen-bond donors (Lipinski definition) is 4. The lowest BCUT2D eigenvalue weighted by Crippen LogP contribution is -2.56. The standard InChI is InChI=1S/C15H27N5O3/c1-6-15(7-2,10-16-13(22)23-14(3,4)5)20-12(21)19-11-8-17-18-9-11/h8-9H,6-7,10H2,1-5H3,(H,16,22)(H,17,18)(H2,19,20,21). The minimum Gasteiger partial charge on any atom is -0.444 e. The molecule has 0 aliphatic rings. The van der Waals surface area contributed by atoms with Crippen LogP contribution in [0.1, 0.15) is 47.5 Å². The van der Waals surface area contributed by atoms with Crippen LogP contribution < -0.4 is 16.0 Å². The predicted molar refractivity (Wildman–Crippen MR) is 88.3 cm³/mol. The highest BCUT2D eigenvalue weighted by Gasteiger charge is 2.29. The highest BCUT2D eigenvalue weighted by Crippen LogP contribution is 2.15. The molecule has 1 rings (SSSR count). The Morgan fingerprint density at radius 1 is 1.26 bits per heavy atom. The summed E-state index contributed by atoms with van der Waals surface area (Å²) in [7, 11) is 0. The van der Waals surface area contributed by atoms with Crippen molar-refractivity contribution < 1.29 is 14.3 Å². The van der Waals surface area contributed by atoms with E-state index < -0.39 is 17.2 Å². The maximum Gasteiger partial charge on any atom is 0.407 e. The predicted octanol–water partition coefficient (Wildman–Crippen LogP) is 2.61. The molecule has 0 radical (unpaired) electrons. The van der Waals surface area contributed by atoms with E-state index in [4.69, 9.17) is 4.74 Å². The van der Waals surface area contributed by atoms with Crippen LogP contribution in [-0.2, 0) is 4.74 Å². The van der Waals surface area contributed by atoms with Gasteiger partial charge in [0.2, 0.25) is 0 Å². The molecular weight excluding hydrogens is 298 g/mol. The maximum absolute atomic E-state index is 12.1. The molecule has 8 heteroatoms. The van der Waals surface area contributed by atoms with Gasteiger partial charge in [-0.2, -0.15) is 5.10 Å². The van der Waals surface area contributed by atoms with Gasteiger partial charge in [0.15, 0.2) is 0 Å². The third kappa shape index (κ3) is 6.58. The molecule has 0 aliphatic heterocycles. The number of carbonyl (C=O) groups is 2. The van der Waals surface area contributed by atoms with E-state index >= 15 is 0 Å². The molecule has 0 aromatic carbocycles. The Kier molecular flexibility index (Phi) is 6.41. The SMILES string of the molecule is CCC(CC)(CNC(=O)OC(C)(C)C)NC(=O)Nc1cn[nH]c1. The number of H-pyrrole nitrogens is 1. The molecule has 130 valence electrons. The molecule has 0 unspecified atom stereocenters. The van der Waals surface area contributed by atoms with Crippen molar-refractivity contribution in [3.05, 3.63) is 12.4 Å². The average molecular weight is 325 g/mol. The van der Waals surface area contributed by atoms with E-state index in [9.17, 15) is 9.59 Å². The van der Waals surface area contributed by atoms with Crippen molar-refractivity contribution >= 4 is 17.8 Å². The summed E-state index contributed by atoms with van der Waals surface area (Å²) in [5.41, 5.74) is -0.536. The third-order valence-electron chi connectivity index (χ3n) is 3.46. The van der Waals surface area contributed by atoms with E-state index in [0.29, 0.717) is 18.5 Å². The first-order chi connectivity index (χ1) is 10.7. The number of nitrogens with one attached hydrogen (secondary N) is 4. The maximum atomic E-state index is 12.1. The first kappa shape index (κ1) is 18.8. The second kappa shape index (κ2) is 7.85. The zero-order chi connectivity index (χ0) is 17.5. The number of aromatic amines is 1. The number of carbonyl (C=O) groups excluding carboxylic acids is 2. The summed E-state index contributed by atoms with van der Waals surface area (Å²) in [6.07, 6.45) is 3.92. The molecule has 3 amide bonds. The van der Waals surface area contributed by atoms with E-state index in [1.165, 1.54) is 6.20 Å². The van der Waals surface area contributed by atoms with E-state index in [0.717, 1.165) is 0 Å². The quantitative estimate of drug-likeness (QED) is 0.644. The number of urea groups is 1. The van der Waals surface area contributed by atoms with Crippen LogP contribution in [0.5, 0.6) is 0 Å². The van der Waals surface area contributed by atoms with Gasteiger partial charge in [-0.1, -0.05) is 13.8 Å². The first-order valence-corrected chi connectivity index (χ1v) is 7.74. The van der Waals surface area contributed by atoms with Crippen LogP contribution >= 0.6 is 0 Å². The molecular formula is C15H27N5O3. The zero-order valence-corrected chi connectivity index (χ0v) is 14.4. The van der Waals surface area contributed by atoms with E-state index in [-0.39, 0.29) is 12.6 Å². The fraction of sp³-hybridized carbons (Fsp3) is 0.667. The number of ether oxygens (including phenoxy) is 1. The number of alkyl carbamates (subject to hydrolysis) is 1. The third-order valence-corrected chi connectivity index (χ3v) is 3.46. The fourth-order valence-corrected chi connectivity index (χ4v) is 2.00. The molecule has 0 saturated heterocycles. The molecule has 8 nitrogen and oxygen atoms in total. The smallest absolute Gasteiger partial charge is 0.407 e. The van der Waals surface area contributed by atoms with Gasteiger partial charge in [0, 0.05) is 12.7 Å². The lowest BCUT2D eigenvalue weighted by atomic mass is 9.93. The Hall–Kier alpha value is -2.25. The number of anilines is 1. The normalized spacial score (nSPS) is 11.7. The largest absolute Gasteiger partial charge is 0.444 e. The minimum absolute atomic E-state index is 0.285. The summed E-state index contributed by atoms with van der Waals surface area (Å²) in [5.74, 6) is 0. The van der Waals surface area contributed by atoms with E-state index in [1.807, 2.05) is 13.8 Å². The number of nitrogens with zero attached hydrogens (tertiary/aromatic N) is 1. The van der Waals surface area contributed by atoms with Crippen LogP contribution in [0.3, 0.4) is 0 Å². The van der Waals surface area contributed by atoms with Gasteiger partial charge < -0.3 is 20.7 Å². The molecule has 1 aromatic heterocycles. The summed E-state index contributed by atoms with van der Waals surface area (Å²) in [5, 5.41) is 14.7. The molecule has 23 heavy (non-hydrogen) atoms.